The summed E-state index contributed by atoms with van der Waals surface area (Å²) in [4.78, 5) is 13.0. The van der Waals surface area contributed by atoms with Gasteiger partial charge in [-0.2, -0.15) is 5.10 Å². The van der Waals surface area contributed by atoms with Crippen LogP contribution in [0.4, 0.5) is 10.2 Å². The molecule has 1 aliphatic carbocycles. The molecule has 2 aromatic rings. The number of halogens is 1. The number of hydrogen-bond acceptors (Lipinski definition) is 3. The number of fused-ring (bicyclic) bond motifs is 1. The molecule has 1 atom stereocenters. The van der Waals surface area contributed by atoms with Crippen LogP contribution in [0.3, 0.4) is 0 Å². The van der Waals surface area contributed by atoms with Crippen LogP contribution in [0.5, 0.6) is 0 Å². The van der Waals surface area contributed by atoms with Crippen molar-refractivity contribution in [2.45, 2.75) is 46.5 Å². The molecule has 1 aromatic carbocycles. The van der Waals surface area contributed by atoms with Crippen LogP contribution in [0.2, 0.25) is 0 Å². The standard InChI is InChI=1S/C20H22FN3O/c1-10-5-6-12(21)7-13(10)17-16-11(2)23-24-19(16)22-14-8-20(3,4)9-15(25)18(14)17/h5-7,17H,8-9H2,1-4H3,(H2,22,23,24). The second-order valence-electron chi connectivity index (χ2n) is 8.00. The number of aromatic amines is 1. The zero-order valence-corrected chi connectivity index (χ0v) is 15.0. The molecule has 1 unspecified atom stereocenters. The van der Waals surface area contributed by atoms with Crippen molar-refractivity contribution in [1.29, 1.82) is 0 Å². The number of aromatic nitrogens is 2. The fourth-order valence-electron chi connectivity index (χ4n) is 4.19. The molecule has 0 spiro atoms. The highest BCUT2D eigenvalue weighted by Crippen LogP contribution is 2.49. The highest BCUT2D eigenvalue weighted by Gasteiger charge is 2.42. The van der Waals surface area contributed by atoms with Crippen molar-refractivity contribution in [1.82, 2.24) is 10.2 Å². The summed E-state index contributed by atoms with van der Waals surface area (Å²) in [5.74, 6) is 0.325. The summed E-state index contributed by atoms with van der Waals surface area (Å²) in [6.07, 6.45) is 1.29. The predicted molar refractivity (Wildman–Crippen MR) is 95.0 cm³/mol. The summed E-state index contributed by atoms with van der Waals surface area (Å²) in [6, 6.07) is 4.79. The fourth-order valence-corrected chi connectivity index (χ4v) is 4.19. The number of allylic oxidation sites excluding steroid dienone is 2. The second-order valence-corrected chi connectivity index (χ2v) is 8.00. The van der Waals surface area contributed by atoms with E-state index >= 15 is 0 Å². The SMILES string of the molecule is Cc1ccc(F)cc1C1C2=C(CC(C)(C)CC2=O)Nc2n[nH]c(C)c21. The Hall–Kier alpha value is -2.43. The van der Waals surface area contributed by atoms with Gasteiger partial charge < -0.3 is 5.32 Å². The second kappa shape index (κ2) is 5.28. The summed E-state index contributed by atoms with van der Waals surface area (Å²) in [5, 5.41) is 10.7. The van der Waals surface area contributed by atoms with Crippen LogP contribution in [-0.4, -0.2) is 16.0 Å². The predicted octanol–water partition coefficient (Wildman–Crippen LogP) is 4.37. The van der Waals surface area contributed by atoms with E-state index in [0.29, 0.717) is 6.42 Å². The average molecular weight is 339 g/mol. The van der Waals surface area contributed by atoms with Gasteiger partial charge in [0.1, 0.15) is 5.82 Å². The van der Waals surface area contributed by atoms with Crippen molar-refractivity contribution in [3.63, 3.8) is 0 Å². The van der Waals surface area contributed by atoms with Gasteiger partial charge >= 0.3 is 0 Å². The maximum Gasteiger partial charge on any atom is 0.162 e. The number of carbonyl (C=O) groups is 1. The van der Waals surface area contributed by atoms with E-state index in [2.05, 4.69) is 29.4 Å². The number of nitrogens with one attached hydrogen (secondary N) is 2. The molecule has 2 N–H and O–H groups in total. The van der Waals surface area contributed by atoms with Crippen LogP contribution >= 0.6 is 0 Å². The first-order valence-corrected chi connectivity index (χ1v) is 8.61. The normalized spacial score (nSPS) is 21.6. The maximum absolute atomic E-state index is 14.0. The topological polar surface area (TPSA) is 57.8 Å². The minimum atomic E-state index is -0.285. The summed E-state index contributed by atoms with van der Waals surface area (Å²) >= 11 is 0. The summed E-state index contributed by atoms with van der Waals surface area (Å²) < 4.78 is 14.0. The summed E-state index contributed by atoms with van der Waals surface area (Å²) in [5.41, 5.74) is 5.27. The quantitative estimate of drug-likeness (QED) is 0.811. The zero-order chi connectivity index (χ0) is 17.9. The molecule has 0 fully saturated rings. The Bertz CT molecular complexity index is 923. The van der Waals surface area contributed by atoms with Crippen molar-refractivity contribution >= 4 is 11.6 Å². The Morgan fingerprint density at radius 1 is 1.24 bits per heavy atom. The van der Waals surface area contributed by atoms with Crippen LogP contribution in [0.15, 0.2) is 29.5 Å². The number of ketones is 1. The van der Waals surface area contributed by atoms with Crippen LogP contribution < -0.4 is 5.32 Å². The Balaban J connectivity index is 1.98. The van der Waals surface area contributed by atoms with Crippen LogP contribution in [0, 0.1) is 25.1 Å². The number of nitrogens with zero attached hydrogens (tertiary/aromatic N) is 1. The maximum atomic E-state index is 14.0. The van der Waals surface area contributed by atoms with Gasteiger partial charge in [-0.05, 0) is 48.9 Å². The van der Waals surface area contributed by atoms with E-state index in [1.54, 1.807) is 12.1 Å². The smallest absolute Gasteiger partial charge is 0.162 e. The number of H-pyrrole nitrogens is 1. The number of Topliss-reactive ketones (excluding diaryl/α,β-unsaturated/α-hetero) is 1. The minimum absolute atomic E-state index is 0.0900. The van der Waals surface area contributed by atoms with Crippen molar-refractivity contribution in [2.75, 3.05) is 5.32 Å². The van der Waals surface area contributed by atoms with Gasteiger partial charge in [-0.25, -0.2) is 4.39 Å². The highest BCUT2D eigenvalue weighted by molar-refractivity contribution is 6.01. The number of carbonyl (C=O) groups excluding carboxylic acids is 1. The molecule has 4 nitrogen and oxygen atoms in total. The minimum Gasteiger partial charge on any atom is -0.342 e. The Kier molecular flexibility index (Phi) is 3.39. The molecule has 0 amide bonds. The molecule has 0 radical (unpaired) electrons. The number of rotatable bonds is 1. The van der Waals surface area contributed by atoms with Gasteiger partial charge in [0.2, 0.25) is 0 Å². The Morgan fingerprint density at radius 2 is 2.00 bits per heavy atom. The van der Waals surface area contributed by atoms with E-state index < -0.39 is 0 Å². The van der Waals surface area contributed by atoms with E-state index in [1.165, 1.54) is 6.07 Å². The first-order valence-electron chi connectivity index (χ1n) is 8.61. The lowest BCUT2D eigenvalue weighted by molar-refractivity contribution is -0.118. The third-order valence-corrected chi connectivity index (χ3v) is 5.31. The Morgan fingerprint density at radius 3 is 2.76 bits per heavy atom. The molecule has 1 aromatic heterocycles. The van der Waals surface area contributed by atoms with E-state index in [9.17, 15) is 9.18 Å². The third kappa shape index (κ3) is 2.49. The number of anilines is 1. The highest BCUT2D eigenvalue weighted by atomic mass is 19.1. The molecule has 5 heteroatoms. The van der Waals surface area contributed by atoms with Crippen molar-refractivity contribution in [3.8, 4) is 0 Å². The molecule has 4 rings (SSSR count). The molecular weight excluding hydrogens is 317 g/mol. The van der Waals surface area contributed by atoms with Crippen molar-refractivity contribution in [3.05, 3.63) is 57.7 Å². The van der Waals surface area contributed by atoms with Gasteiger partial charge in [-0.1, -0.05) is 19.9 Å². The molecule has 130 valence electrons. The third-order valence-electron chi connectivity index (χ3n) is 5.31. The first kappa shape index (κ1) is 16.1. The molecule has 2 aliphatic rings. The molecule has 25 heavy (non-hydrogen) atoms. The molecule has 1 aliphatic heterocycles. The molecule has 2 heterocycles. The van der Waals surface area contributed by atoms with Gasteiger partial charge in [-0.3, -0.25) is 9.89 Å². The largest absolute Gasteiger partial charge is 0.342 e. The van der Waals surface area contributed by atoms with Gasteiger partial charge in [0.05, 0.1) is 0 Å². The van der Waals surface area contributed by atoms with E-state index in [-0.39, 0.29) is 22.9 Å². The zero-order valence-electron chi connectivity index (χ0n) is 15.0. The summed E-state index contributed by atoms with van der Waals surface area (Å²) in [6.45, 7) is 8.11. The monoisotopic (exact) mass is 339 g/mol. The first-order chi connectivity index (χ1) is 11.8. The van der Waals surface area contributed by atoms with Crippen LogP contribution in [-0.2, 0) is 4.79 Å². The van der Waals surface area contributed by atoms with Crippen molar-refractivity contribution < 1.29 is 9.18 Å². The van der Waals surface area contributed by atoms with Gasteiger partial charge in [0.15, 0.2) is 11.6 Å². The van der Waals surface area contributed by atoms with Gasteiger partial charge in [0, 0.05) is 34.9 Å². The van der Waals surface area contributed by atoms with Crippen molar-refractivity contribution in [2.24, 2.45) is 5.41 Å². The average Bonchev–Trinajstić information content (AvgIpc) is 2.87. The van der Waals surface area contributed by atoms with Gasteiger partial charge in [0.25, 0.3) is 0 Å². The van der Waals surface area contributed by atoms with E-state index in [4.69, 9.17) is 0 Å². The lowest BCUT2D eigenvalue weighted by Gasteiger charge is -2.38. The number of aryl methyl sites for hydroxylation is 2. The molecule has 0 saturated carbocycles. The van der Waals surface area contributed by atoms with Crippen LogP contribution in [0.25, 0.3) is 0 Å². The number of hydrogen-bond donors (Lipinski definition) is 2. The lowest BCUT2D eigenvalue weighted by Crippen LogP contribution is -2.34. The van der Waals surface area contributed by atoms with E-state index in [0.717, 1.165) is 45.9 Å². The lowest BCUT2D eigenvalue weighted by atomic mass is 9.68. The molecular formula is C20H22FN3O. The summed E-state index contributed by atoms with van der Waals surface area (Å²) in [7, 11) is 0. The molecule has 0 bridgehead atoms. The number of benzene rings is 1. The van der Waals surface area contributed by atoms with E-state index in [1.807, 2.05) is 13.8 Å². The Labute approximate surface area is 146 Å². The van der Waals surface area contributed by atoms with Crippen LogP contribution in [0.1, 0.15) is 55.0 Å². The fraction of sp³-hybridized carbons (Fsp3) is 0.400. The van der Waals surface area contributed by atoms with Gasteiger partial charge in [-0.15, -0.1) is 0 Å². The molecule has 0 saturated heterocycles.